The summed E-state index contributed by atoms with van der Waals surface area (Å²) in [6.07, 6.45) is 1.68. The Morgan fingerprint density at radius 1 is 0.920 bits per heavy atom. The fourth-order valence-electron chi connectivity index (χ4n) is 2.37. The second-order valence-corrected chi connectivity index (χ2v) is 5.43. The first-order valence-corrected chi connectivity index (χ1v) is 7.80. The molecule has 25 heavy (non-hydrogen) atoms. The fraction of sp³-hybridized carbons (Fsp3) is 0. The number of hydrogen-bond acceptors (Lipinski definition) is 3. The molecule has 0 radical (unpaired) electrons. The van der Waals surface area contributed by atoms with Crippen LogP contribution in [0.15, 0.2) is 84.0 Å². The first kappa shape index (κ1) is 16.2. The number of nitrogens with zero attached hydrogens (tertiary/aromatic N) is 2. The van der Waals surface area contributed by atoms with E-state index in [-0.39, 0.29) is 5.84 Å². The molecule has 0 saturated heterocycles. The third-order valence-corrected chi connectivity index (χ3v) is 3.69. The highest BCUT2D eigenvalue weighted by atomic mass is 15.3. The van der Waals surface area contributed by atoms with Crippen LogP contribution in [-0.2, 0) is 0 Å². The lowest BCUT2D eigenvalue weighted by Gasteiger charge is -2.07. The molecule has 0 unspecified atom stereocenters. The fourth-order valence-corrected chi connectivity index (χ4v) is 2.37. The number of benzene rings is 3. The van der Waals surface area contributed by atoms with Gasteiger partial charge in [-0.25, -0.2) is 0 Å². The normalized spacial score (nSPS) is 10.4. The predicted octanol–water partition coefficient (Wildman–Crippen LogP) is 4.17. The van der Waals surface area contributed by atoms with Gasteiger partial charge in [-0.1, -0.05) is 60.7 Å². The Bertz CT molecular complexity index is 936. The van der Waals surface area contributed by atoms with Gasteiger partial charge in [0.15, 0.2) is 0 Å². The SMILES string of the molecule is N#Cc1ccc(-c2cccc(C(=N)N/N=C/c3ccccc3)c2)cc1. The van der Waals surface area contributed by atoms with E-state index in [1.807, 2.05) is 66.7 Å². The summed E-state index contributed by atoms with van der Waals surface area (Å²) in [7, 11) is 0. The van der Waals surface area contributed by atoms with Gasteiger partial charge in [0.05, 0.1) is 17.8 Å². The second kappa shape index (κ2) is 7.71. The lowest BCUT2D eigenvalue weighted by atomic mass is 10.0. The van der Waals surface area contributed by atoms with Crippen LogP contribution in [0.1, 0.15) is 16.7 Å². The van der Waals surface area contributed by atoms with Crippen LogP contribution in [0, 0.1) is 16.7 Å². The van der Waals surface area contributed by atoms with E-state index in [0.717, 1.165) is 22.3 Å². The Hall–Kier alpha value is -3.71. The van der Waals surface area contributed by atoms with Crippen LogP contribution in [0.5, 0.6) is 0 Å². The minimum atomic E-state index is 0.225. The van der Waals surface area contributed by atoms with Gasteiger partial charge >= 0.3 is 0 Å². The number of hydrazone groups is 1. The summed E-state index contributed by atoms with van der Waals surface area (Å²) in [5, 5.41) is 21.1. The van der Waals surface area contributed by atoms with E-state index in [1.165, 1.54) is 0 Å². The first-order valence-electron chi connectivity index (χ1n) is 7.80. The molecule has 4 nitrogen and oxygen atoms in total. The van der Waals surface area contributed by atoms with Crippen LogP contribution in [0.4, 0.5) is 0 Å². The number of rotatable bonds is 4. The second-order valence-electron chi connectivity index (χ2n) is 5.43. The van der Waals surface area contributed by atoms with Crippen molar-refractivity contribution in [2.24, 2.45) is 5.10 Å². The van der Waals surface area contributed by atoms with Crippen molar-refractivity contribution in [3.8, 4) is 17.2 Å². The van der Waals surface area contributed by atoms with Gasteiger partial charge in [-0.15, -0.1) is 0 Å². The summed E-state index contributed by atoms with van der Waals surface area (Å²) in [6.45, 7) is 0. The number of hydrogen-bond donors (Lipinski definition) is 2. The zero-order chi connectivity index (χ0) is 17.5. The first-order chi connectivity index (χ1) is 12.3. The van der Waals surface area contributed by atoms with Crippen molar-refractivity contribution >= 4 is 12.1 Å². The Morgan fingerprint density at radius 3 is 2.40 bits per heavy atom. The molecule has 0 saturated carbocycles. The van der Waals surface area contributed by atoms with Crippen LogP contribution < -0.4 is 5.43 Å². The molecule has 0 aliphatic rings. The molecule has 0 aliphatic heterocycles. The zero-order valence-corrected chi connectivity index (χ0v) is 13.5. The molecule has 0 amide bonds. The largest absolute Gasteiger partial charge is 0.283 e. The molecule has 3 aromatic rings. The van der Waals surface area contributed by atoms with E-state index in [2.05, 4.69) is 16.6 Å². The quantitative estimate of drug-likeness (QED) is 0.429. The molecule has 0 atom stereocenters. The summed E-state index contributed by atoms with van der Waals surface area (Å²) in [5.74, 6) is 0.225. The summed E-state index contributed by atoms with van der Waals surface area (Å²) < 4.78 is 0. The topological polar surface area (TPSA) is 72.0 Å². The van der Waals surface area contributed by atoms with Crippen LogP contribution in [0.2, 0.25) is 0 Å². The molecule has 0 aliphatic carbocycles. The van der Waals surface area contributed by atoms with E-state index in [1.54, 1.807) is 18.3 Å². The molecule has 2 N–H and O–H groups in total. The van der Waals surface area contributed by atoms with Crippen molar-refractivity contribution in [2.45, 2.75) is 0 Å². The third kappa shape index (κ3) is 4.18. The summed E-state index contributed by atoms with van der Waals surface area (Å²) in [6, 6.07) is 26.9. The van der Waals surface area contributed by atoms with Crippen LogP contribution in [-0.4, -0.2) is 12.1 Å². The third-order valence-electron chi connectivity index (χ3n) is 3.69. The van der Waals surface area contributed by atoms with E-state index in [9.17, 15) is 0 Å². The summed E-state index contributed by atoms with van der Waals surface area (Å²) in [4.78, 5) is 0. The molecule has 0 bridgehead atoms. The number of amidine groups is 1. The number of nitrogens with one attached hydrogen (secondary N) is 2. The minimum absolute atomic E-state index is 0.225. The van der Waals surface area contributed by atoms with Crippen LogP contribution in [0.3, 0.4) is 0 Å². The monoisotopic (exact) mass is 324 g/mol. The molecule has 3 aromatic carbocycles. The van der Waals surface area contributed by atoms with Gasteiger partial charge in [0, 0.05) is 5.56 Å². The lowest BCUT2D eigenvalue weighted by molar-refractivity contribution is 1.02. The maximum absolute atomic E-state index is 8.88. The zero-order valence-electron chi connectivity index (χ0n) is 13.5. The Kier molecular flexibility index (Phi) is 4.98. The van der Waals surface area contributed by atoms with Crippen molar-refractivity contribution in [3.63, 3.8) is 0 Å². The molecule has 120 valence electrons. The smallest absolute Gasteiger partial charge is 0.146 e. The molecule has 4 heteroatoms. The Morgan fingerprint density at radius 2 is 1.68 bits per heavy atom. The molecular weight excluding hydrogens is 308 g/mol. The van der Waals surface area contributed by atoms with Gasteiger partial charge in [0.2, 0.25) is 0 Å². The average Bonchev–Trinajstić information content (AvgIpc) is 2.69. The highest BCUT2D eigenvalue weighted by molar-refractivity contribution is 5.98. The maximum Gasteiger partial charge on any atom is 0.146 e. The van der Waals surface area contributed by atoms with Crippen molar-refractivity contribution in [3.05, 3.63) is 95.6 Å². The Labute approximate surface area is 146 Å². The average molecular weight is 324 g/mol. The van der Waals surface area contributed by atoms with Crippen molar-refractivity contribution in [1.82, 2.24) is 5.43 Å². The standard InChI is InChI=1S/C21H16N4/c22-14-16-9-11-18(12-10-16)19-7-4-8-20(13-19)21(23)25-24-15-17-5-2-1-3-6-17/h1-13,15H,(H2,23,25)/b24-15+. The highest BCUT2D eigenvalue weighted by Gasteiger charge is 2.03. The van der Waals surface area contributed by atoms with E-state index < -0.39 is 0 Å². The van der Waals surface area contributed by atoms with E-state index in [0.29, 0.717) is 5.56 Å². The van der Waals surface area contributed by atoms with Gasteiger partial charge in [0.1, 0.15) is 5.84 Å². The van der Waals surface area contributed by atoms with Crippen LogP contribution >= 0.6 is 0 Å². The molecule has 0 heterocycles. The molecular formula is C21H16N4. The van der Waals surface area contributed by atoms with Crippen LogP contribution in [0.25, 0.3) is 11.1 Å². The van der Waals surface area contributed by atoms with Gasteiger partial charge in [-0.05, 0) is 34.9 Å². The maximum atomic E-state index is 8.88. The summed E-state index contributed by atoms with van der Waals surface area (Å²) in [5.41, 5.74) is 7.08. The minimum Gasteiger partial charge on any atom is -0.283 e. The molecule has 3 rings (SSSR count). The van der Waals surface area contributed by atoms with E-state index >= 15 is 0 Å². The highest BCUT2D eigenvalue weighted by Crippen LogP contribution is 2.21. The predicted molar refractivity (Wildman–Crippen MR) is 101 cm³/mol. The lowest BCUT2D eigenvalue weighted by Crippen LogP contribution is -2.17. The van der Waals surface area contributed by atoms with Gasteiger partial charge in [0.25, 0.3) is 0 Å². The van der Waals surface area contributed by atoms with Gasteiger partial charge in [-0.2, -0.15) is 10.4 Å². The van der Waals surface area contributed by atoms with Crippen molar-refractivity contribution < 1.29 is 0 Å². The van der Waals surface area contributed by atoms with E-state index in [4.69, 9.17) is 10.7 Å². The summed E-state index contributed by atoms with van der Waals surface area (Å²) >= 11 is 0. The van der Waals surface area contributed by atoms with Crippen molar-refractivity contribution in [1.29, 1.82) is 10.7 Å². The van der Waals surface area contributed by atoms with Crippen molar-refractivity contribution in [2.75, 3.05) is 0 Å². The van der Waals surface area contributed by atoms with Gasteiger partial charge < -0.3 is 0 Å². The molecule has 0 fully saturated rings. The molecule has 0 aromatic heterocycles. The van der Waals surface area contributed by atoms with Gasteiger partial charge in [-0.3, -0.25) is 10.8 Å². The molecule has 0 spiro atoms. The number of nitriles is 1. The Balaban J connectivity index is 1.73.